The van der Waals surface area contributed by atoms with Crippen LogP contribution in [-0.2, 0) is 0 Å². The van der Waals surface area contributed by atoms with E-state index in [0.717, 1.165) is 44.7 Å². The van der Waals surface area contributed by atoms with Gasteiger partial charge in [-0.1, -0.05) is 121 Å². The molecule has 0 aliphatic carbocycles. The second-order valence-electron chi connectivity index (χ2n) is 13.7. The van der Waals surface area contributed by atoms with E-state index in [1.54, 1.807) is 0 Å². The minimum atomic E-state index is 0.905. The maximum absolute atomic E-state index is 6.42. The maximum atomic E-state index is 6.42. The van der Waals surface area contributed by atoms with Gasteiger partial charge in [-0.15, -0.1) is 11.3 Å². The topological polar surface area (TPSA) is 16.4 Å². The van der Waals surface area contributed by atoms with Crippen molar-refractivity contribution in [3.8, 4) is 22.3 Å². The minimum absolute atomic E-state index is 0.905. The molecular weight excluding hydrogens is 663 g/mol. The molecule has 0 fully saturated rings. The molecule has 0 aliphatic heterocycles. The monoisotopic (exact) mass is 693 g/mol. The van der Waals surface area contributed by atoms with E-state index < -0.39 is 0 Å². The van der Waals surface area contributed by atoms with E-state index in [0.29, 0.717) is 0 Å². The fourth-order valence-electron chi connectivity index (χ4n) is 8.10. The smallest absolute Gasteiger partial charge is 0.136 e. The van der Waals surface area contributed by atoms with Crippen LogP contribution in [0.15, 0.2) is 192 Å². The van der Waals surface area contributed by atoms with Gasteiger partial charge in [-0.2, -0.15) is 0 Å². The van der Waals surface area contributed by atoms with Crippen LogP contribution in [0.2, 0.25) is 0 Å². The standard InChI is InChI=1S/C50H31NOS/c1-3-11-40-33(8-1)10-7-14-41(40)35-18-24-38(25-19-35)51(39-26-29-49-45(31-39)43-13-5-6-15-48(43)53-49)37-22-16-32(17-23-37)36-20-27-44-47(30-36)52-46-28-21-34-9-2-4-12-42(34)50(44)46/h1-31H. The first-order valence-corrected chi connectivity index (χ1v) is 18.8. The molecule has 0 spiro atoms. The summed E-state index contributed by atoms with van der Waals surface area (Å²) in [5.74, 6) is 0. The molecule has 0 radical (unpaired) electrons. The van der Waals surface area contributed by atoms with Crippen LogP contribution < -0.4 is 4.90 Å². The van der Waals surface area contributed by atoms with Gasteiger partial charge in [0, 0.05) is 48.0 Å². The van der Waals surface area contributed by atoms with E-state index in [1.807, 2.05) is 11.3 Å². The van der Waals surface area contributed by atoms with Gasteiger partial charge in [0.15, 0.2) is 0 Å². The van der Waals surface area contributed by atoms with Gasteiger partial charge in [0.25, 0.3) is 0 Å². The second kappa shape index (κ2) is 11.9. The van der Waals surface area contributed by atoms with Crippen LogP contribution in [0.1, 0.15) is 0 Å². The quantitative estimate of drug-likeness (QED) is 0.178. The number of anilines is 3. The van der Waals surface area contributed by atoms with Crippen molar-refractivity contribution in [2.45, 2.75) is 0 Å². The molecule has 0 saturated carbocycles. The van der Waals surface area contributed by atoms with Gasteiger partial charge in [0.1, 0.15) is 11.2 Å². The van der Waals surface area contributed by atoms with Crippen LogP contribution in [0.5, 0.6) is 0 Å². The molecule has 0 amide bonds. The Balaban J connectivity index is 1.01. The van der Waals surface area contributed by atoms with Crippen molar-refractivity contribution >= 4 is 92.1 Å². The lowest BCUT2D eigenvalue weighted by atomic mass is 9.98. The lowest BCUT2D eigenvalue weighted by molar-refractivity contribution is 0.669. The highest BCUT2D eigenvalue weighted by atomic mass is 32.1. The molecule has 0 bridgehead atoms. The first-order valence-electron chi connectivity index (χ1n) is 18.0. The molecule has 53 heavy (non-hydrogen) atoms. The number of fused-ring (bicyclic) bond motifs is 9. The van der Waals surface area contributed by atoms with Gasteiger partial charge in [-0.05, 0) is 111 Å². The van der Waals surface area contributed by atoms with E-state index in [9.17, 15) is 0 Å². The van der Waals surface area contributed by atoms with Crippen LogP contribution in [-0.4, -0.2) is 0 Å². The lowest BCUT2D eigenvalue weighted by Gasteiger charge is -2.26. The summed E-state index contributed by atoms with van der Waals surface area (Å²) in [6.45, 7) is 0. The Bertz CT molecular complexity index is 3160. The van der Waals surface area contributed by atoms with Gasteiger partial charge in [-0.3, -0.25) is 0 Å². The summed E-state index contributed by atoms with van der Waals surface area (Å²) in [4.78, 5) is 2.37. The van der Waals surface area contributed by atoms with E-state index in [2.05, 4.69) is 193 Å². The summed E-state index contributed by atoms with van der Waals surface area (Å²) >= 11 is 1.85. The first-order chi connectivity index (χ1) is 26.2. The van der Waals surface area contributed by atoms with E-state index in [-0.39, 0.29) is 0 Å². The summed E-state index contributed by atoms with van der Waals surface area (Å²) in [5.41, 5.74) is 9.88. The molecule has 3 heteroatoms. The fraction of sp³-hybridized carbons (Fsp3) is 0. The van der Waals surface area contributed by atoms with Gasteiger partial charge >= 0.3 is 0 Å². The molecule has 0 aliphatic rings. The van der Waals surface area contributed by atoms with E-state index in [4.69, 9.17) is 4.42 Å². The van der Waals surface area contributed by atoms with Gasteiger partial charge in [-0.25, -0.2) is 0 Å². The van der Waals surface area contributed by atoms with Gasteiger partial charge in [0.05, 0.1) is 0 Å². The first kappa shape index (κ1) is 30.0. The minimum Gasteiger partial charge on any atom is -0.456 e. The average molecular weight is 694 g/mol. The number of rotatable bonds is 5. The third-order valence-corrected chi connectivity index (χ3v) is 11.8. The molecule has 0 N–H and O–H groups in total. The average Bonchev–Trinajstić information content (AvgIpc) is 3.79. The predicted octanol–water partition coefficient (Wildman–Crippen LogP) is 15.1. The molecule has 11 aromatic rings. The van der Waals surface area contributed by atoms with Crippen molar-refractivity contribution in [3.05, 3.63) is 188 Å². The molecule has 0 unspecified atom stereocenters. The van der Waals surface area contributed by atoms with E-state index in [1.165, 1.54) is 58.2 Å². The largest absolute Gasteiger partial charge is 0.456 e. The SMILES string of the molecule is c1ccc2c(-c3ccc(N(c4ccc(-c5ccc6c(c5)oc5ccc7ccccc7c56)cc4)c4ccc5sc6ccccc6c5c4)cc3)cccc2c1. The maximum Gasteiger partial charge on any atom is 0.136 e. The number of benzene rings is 9. The summed E-state index contributed by atoms with van der Waals surface area (Å²) in [6, 6.07) is 68.0. The Morgan fingerprint density at radius 1 is 0.358 bits per heavy atom. The zero-order valence-corrected chi connectivity index (χ0v) is 29.5. The van der Waals surface area contributed by atoms with Crippen LogP contribution in [0.25, 0.3) is 85.9 Å². The van der Waals surface area contributed by atoms with Crippen molar-refractivity contribution in [3.63, 3.8) is 0 Å². The third kappa shape index (κ3) is 4.93. The highest BCUT2D eigenvalue weighted by Gasteiger charge is 2.17. The zero-order valence-electron chi connectivity index (χ0n) is 28.7. The molecule has 2 heterocycles. The zero-order chi connectivity index (χ0) is 34.9. The van der Waals surface area contributed by atoms with Crippen LogP contribution >= 0.6 is 11.3 Å². The third-order valence-electron chi connectivity index (χ3n) is 10.7. The Morgan fingerprint density at radius 3 is 1.79 bits per heavy atom. The molecule has 0 saturated heterocycles. The van der Waals surface area contributed by atoms with E-state index >= 15 is 0 Å². The fourth-order valence-corrected chi connectivity index (χ4v) is 9.18. The summed E-state index contributed by atoms with van der Waals surface area (Å²) < 4.78 is 9.02. The molecule has 2 aromatic heterocycles. The Kier molecular flexibility index (Phi) is 6.76. The molecule has 9 aromatic carbocycles. The van der Waals surface area contributed by atoms with Crippen molar-refractivity contribution in [1.29, 1.82) is 0 Å². The van der Waals surface area contributed by atoms with Crippen LogP contribution in [0.3, 0.4) is 0 Å². The number of hydrogen-bond acceptors (Lipinski definition) is 3. The summed E-state index contributed by atoms with van der Waals surface area (Å²) in [7, 11) is 0. The van der Waals surface area contributed by atoms with Gasteiger partial charge < -0.3 is 9.32 Å². The summed E-state index contributed by atoms with van der Waals surface area (Å²) in [5, 5.41) is 9.86. The van der Waals surface area contributed by atoms with Crippen LogP contribution in [0, 0.1) is 0 Å². The number of hydrogen-bond donors (Lipinski definition) is 0. The number of nitrogens with zero attached hydrogens (tertiary/aromatic N) is 1. The Morgan fingerprint density at radius 2 is 0.981 bits per heavy atom. The highest BCUT2D eigenvalue weighted by molar-refractivity contribution is 7.25. The number of thiophene rings is 1. The molecule has 2 nitrogen and oxygen atoms in total. The van der Waals surface area contributed by atoms with Crippen molar-refractivity contribution in [2.24, 2.45) is 0 Å². The predicted molar refractivity (Wildman–Crippen MR) is 227 cm³/mol. The van der Waals surface area contributed by atoms with Gasteiger partial charge in [0.2, 0.25) is 0 Å². The highest BCUT2D eigenvalue weighted by Crippen LogP contribution is 2.42. The molecule has 248 valence electrons. The van der Waals surface area contributed by atoms with Crippen molar-refractivity contribution < 1.29 is 4.42 Å². The number of furan rings is 1. The van der Waals surface area contributed by atoms with Crippen LogP contribution in [0.4, 0.5) is 17.1 Å². The Labute approximate surface area is 310 Å². The second-order valence-corrected chi connectivity index (χ2v) is 14.8. The lowest BCUT2D eigenvalue weighted by Crippen LogP contribution is -2.09. The Hall–Kier alpha value is -6.68. The summed E-state index contributed by atoms with van der Waals surface area (Å²) in [6.07, 6.45) is 0. The van der Waals surface area contributed by atoms with Crippen molar-refractivity contribution in [1.82, 2.24) is 0 Å². The molecule has 0 atom stereocenters. The van der Waals surface area contributed by atoms with Crippen molar-refractivity contribution in [2.75, 3.05) is 4.90 Å². The molecule has 11 rings (SSSR count). The normalized spacial score (nSPS) is 11.8. The molecular formula is C50H31NOS.